The number of piperidine rings is 3. The topological polar surface area (TPSA) is 23.6 Å². The first-order valence-corrected chi connectivity index (χ1v) is 10.1. The molecule has 4 aliphatic rings. The number of likely N-dealkylation sites (tertiary alicyclic amines) is 1. The van der Waals surface area contributed by atoms with Crippen LogP contribution in [0.5, 0.6) is 0 Å². The van der Waals surface area contributed by atoms with E-state index in [1.54, 1.807) is 6.07 Å². The van der Waals surface area contributed by atoms with Crippen LogP contribution in [0.4, 0.5) is 4.39 Å². The summed E-state index contributed by atoms with van der Waals surface area (Å²) in [5.74, 6) is 0.0477. The molecule has 4 heterocycles. The molecule has 3 atom stereocenters. The van der Waals surface area contributed by atoms with Crippen molar-refractivity contribution in [2.75, 3.05) is 19.6 Å². The Hall–Kier alpha value is -1.91. The first-order chi connectivity index (χ1) is 13.1. The zero-order chi connectivity index (χ0) is 18.5. The van der Waals surface area contributed by atoms with Gasteiger partial charge in [0.25, 0.3) is 5.91 Å². The Balaban J connectivity index is 1.53. The Labute approximate surface area is 163 Å². The molecule has 2 aromatic rings. The number of fused-ring (bicyclic) bond motifs is 2. The van der Waals surface area contributed by atoms with Gasteiger partial charge in [0.15, 0.2) is 0 Å². The minimum absolute atomic E-state index is 0.128. The standard InChI is InChI=1S/C22H22ClFN2O/c23-16-6-7-17(19(24)12-16)22(27)26-13-18(14-4-2-1-3-5-14)21-20(26)15-8-10-25(21)11-9-15/h1-7,12,15,18,20-21H,8-11,13H2/t18-,20+,21+/m0/s1. The summed E-state index contributed by atoms with van der Waals surface area (Å²) in [5.41, 5.74) is 1.40. The summed E-state index contributed by atoms with van der Waals surface area (Å²) in [4.78, 5) is 17.8. The highest BCUT2D eigenvalue weighted by molar-refractivity contribution is 6.30. The van der Waals surface area contributed by atoms with E-state index in [1.807, 2.05) is 11.0 Å². The molecule has 2 aromatic carbocycles. The second kappa shape index (κ2) is 6.61. The van der Waals surface area contributed by atoms with E-state index in [-0.39, 0.29) is 23.4 Å². The largest absolute Gasteiger partial charge is 0.333 e. The maximum absolute atomic E-state index is 14.4. The van der Waals surface area contributed by atoms with Crippen LogP contribution < -0.4 is 0 Å². The van der Waals surface area contributed by atoms with E-state index in [0.717, 1.165) is 25.9 Å². The van der Waals surface area contributed by atoms with Gasteiger partial charge in [-0.25, -0.2) is 4.39 Å². The number of carbonyl (C=O) groups is 1. The van der Waals surface area contributed by atoms with E-state index >= 15 is 0 Å². The van der Waals surface area contributed by atoms with Crippen molar-refractivity contribution < 1.29 is 9.18 Å². The highest BCUT2D eigenvalue weighted by Gasteiger charge is 2.54. The van der Waals surface area contributed by atoms with Crippen molar-refractivity contribution >= 4 is 17.5 Å². The number of rotatable bonds is 2. The lowest BCUT2D eigenvalue weighted by molar-refractivity contribution is -0.00353. The van der Waals surface area contributed by atoms with Crippen molar-refractivity contribution in [3.05, 3.63) is 70.5 Å². The van der Waals surface area contributed by atoms with Crippen LogP contribution in [0.25, 0.3) is 0 Å². The van der Waals surface area contributed by atoms with Crippen molar-refractivity contribution in [3.8, 4) is 0 Å². The number of amides is 1. The molecule has 6 rings (SSSR count). The van der Waals surface area contributed by atoms with E-state index in [1.165, 1.54) is 17.7 Å². The number of halogens is 2. The molecular formula is C22H22ClFN2O. The molecular weight excluding hydrogens is 363 g/mol. The van der Waals surface area contributed by atoms with Crippen molar-refractivity contribution in [2.45, 2.75) is 30.8 Å². The van der Waals surface area contributed by atoms with E-state index < -0.39 is 5.82 Å². The van der Waals surface area contributed by atoms with Gasteiger partial charge in [-0.2, -0.15) is 0 Å². The summed E-state index contributed by atoms with van der Waals surface area (Å²) >= 11 is 5.88. The summed E-state index contributed by atoms with van der Waals surface area (Å²) in [6.45, 7) is 2.85. The number of nitrogens with zero attached hydrogens (tertiary/aromatic N) is 2. The fourth-order valence-electron chi connectivity index (χ4n) is 5.47. The van der Waals surface area contributed by atoms with Crippen LogP contribution in [0, 0.1) is 11.7 Å². The molecule has 0 saturated carbocycles. The smallest absolute Gasteiger partial charge is 0.257 e. The molecule has 4 aliphatic heterocycles. The fraction of sp³-hybridized carbons (Fsp3) is 0.409. The van der Waals surface area contributed by atoms with Gasteiger partial charge in [-0.15, -0.1) is 0 Å². The number of hydrogen-bond donors (Lipinski definition) is 0. The zero-order valence-corrected chi connectivity index (χ0v) is 15.8. The van der Waals surface area contributed by atoms with Crippen LogP contribution in [0.3, 0.4) is 0 Å². The molecule has 0 unspecified atom stereocenters. The summed E-state index contributed by atoms with van der Waals surface area (Å²) in [6.07, 6.45) is 2.24. The summed E-state index contributed by atoms with van der Waals surface area (Å²) in [5, 5.41) is 0.313. The molecule has 2 bridgehead atoms. The highest BCUT2D eigenvalue weighted by atomic mass is 35.5. The first-order valence-electron chi connectivity index (χ1n) is 9.68. The van der Waals surface area contributed by atoms with Gasteiger partial charge in [0.2, 0.25) is 0 Å². The Kier molecular flexibility index (Phi) is 4.21. The van der Waals surface area contributed by atoms with Crippen molar-refractivity contribution in [1.29, 1.82) is 0 Å². The second-order valence-electron chi connectivity index (χ2n) is 7.95. The normalized spacial score (nSPS) is 31.8. The molecule has 0 aliphatic carbocycles. The Bertz CT molecular complexity index is 866. The maximum Gasteiger partial charge on any atom is 0.257 e. The highest BCUT2D eigenvalue weighted by Crippen LogP contribution is 2.47. The van der Waals surface area contributed by atoms with Crippen LogP contribution in [0.2, 0.25) is 5.02 Å². The molecule has 5 heteroatoms. The lowest BCUT2D eigenvalue weighted by Crippen LogP contribution is -2.60. The van der Waals surface area contributed by atoms with Gasteiger partial charge in [-0.1, -0.05) is 41.9 Å². The zero-order valence-electron chi connectivity index (χ0n) is 15.0. The lowest BCUT2D eigenvalue weighted by atomic mass is 9.75. The van der Waals surface area contributed by atoms with Gasteiger partial charge in [-0.3, -0.25) is 9.69 Å². The van der Waals surface area contributed by atoms with Gasteiger partial charge < -0.3 is 4.90 Å². The minimum atomic E-state index is -0.534. The Morgan fingerprint density at radius 2 is 1.78 bits per heavy atom. The molecule has 4 saturated heterocycles. The summed E-state index contributed by atoms with van der Waals surface area (Å²) < 4.78 is 14.4. The van der Waals surface area contributed by atoms with Crippen LogP contribution in [0.1, 0.15) is 34.7 Å². The molecule has 3 nitrogen and oxygen atoms in total. The van der Waals surface area contributed by atoms with Crippen LogP contribution in [-0.2, 0) is 0 Å². The predicted molar refractivity (Wildman–Crippen MR) is 104 cm³/mol. The van der Waals surface area contributed by atoms with Crippen molar-refractivity contribution in [3.63, 3.8) is 0 Å². The molecule has 0 radical (unpaired) electrons. The molecule has 1 amide bonds. The third-order valence-corrected chi connectivity index (χ3v) is 6.88. The number of benzene rings is 2. The third-order valence-electron chi connectivity index (χ3n) is 6.64. The average molecular weight is 385 g/mol. The van der Waals surface area contributed by atoms with Crippen molar-refractivity contribution in [1.82, 2.24) is 9.80 Å². The van der Waals surface area contributed by atoms with Crippen LogP contribution in [-0.4, -0.2) is 47.4 Å². The summed E-state index contributed by atoms with van der Waals surface area (Å²) in [7, 11) is 0. The van der Waals surface area contributed by atoms with E-state index in [4.69, 9.17) is 11.6 Å². The fourth-order valence-corrected chi connectivity index (χ4v) is 5.62. The van der Waals surface area contributed by atoms with Crippen LogP contribution >= 0.6 is 11.6 Å². The quantitative estimate of drug-likeness (QED) is 0.775. The average Bonchev–Trinajstić information content (AvgIpc) is 3.12. The first kappa shape index (κ1) is 17.2. The third kappa shape index (κ3) is 2.77. The Morgan fingerprint density at radius 1 is 1.04 bits per heavy atom. The maximum atomic E-state index is 14.4. The van der Waals surface area contributed by atoms with Gasteiger partial charge in [-0.05, 0) is 55.6 Å². The molecule has 140 valence electrons. The minimum Gasteiger partial charge on any atom is -0.333 e. The molecule has 4 fully saturated rings. The van der Waals surface area contributed by atoms with Gasteiger partial charge in [0, 0.05) is 23.5 Å². The van der Waals surface area contributed by atoms with E-state index in [0.29, 0.717) is 23.5 Å². The summed E-state index contributed by atoms with van der Waals surface area (Å²) in [6, 6.07) is 15.3. The Morgan fingerprint density at radius 3 is 2.48 bits per heavy atom. The number of carbonyl (C=O) groups excluding carboxylic acids is 1. The SMILES string of the molecule is O=C(c1ccc(Cl)cc1F)N1C[C@@H](c2ccccc2)[C@@H]2[C@H]1C1CCN2CC1. The van der Waals surface area contributed by atoms with Gasteiger partial charge in [0.1, 0.15) is 5.82 Å². The molecule has 0 N–H and O–H groups in total. The van der Waals surface area contributed by atoms with E-state index in [9.17, 15) is 9.18 Å². The second-order valence-corrected chi connectivity index (χ2v) is 8.39. The van der Waals surface area contributed by atoms with Gasteiger partial charge in [0.05, 0.1) is 11.6 Å². The van der Waals surface area contributed by atoms with Crippen molar-refractivity contribution in [2.24, 2.45) is 5.92 Å². The molecule has 0 aromatic heterocycles. The number of hydrogen-bond acceptors (Lipinski definition) is 2. The monoisotopic (exact) mass is 384 g/mol. The van der Waals surface area contributed by atoms with Crippen LogP contribution in [0.15, 0.2) is 48.5 Å². The molecule has 27 heavy (non-hydrogen) atoms. The van der Waals surface area contributed by atoms with Gasteiger partial charge >= 0.3 is 0 Å². The molecule has 0 spiro atoms. The van der Waals surface area contributed by atoms with E-state index in [2.05, 4.69) is 29.2 Å². The lowest BCUT2D eigenvalue weighted by Gasteiger charge is -2.51. The predicted octanol–water partition coefficient (Wildman–Crippen LogP) is 4.18.